The van der Waals surface area contributed by atoms with Crippen LogP contribution in [0.3, 0.4) is 0 Å². The average Bonchev–Trinajstić information content (AvgIpc) is 2.35. The minimum Gasteiger partial charge on any atom is -0.394 e. The Morgan fingerprint density at radius 3 is 2.47 bits per heavy atom. The second-order valence-corrected chi connectivity index (χ2v) is 3.67. The molecular weight excluding hydrogens is 220 g/mol. The van der Waals surface area contributed by atoms with Gasteiger partial charge in [-0.2, -0.15) is 5.26 Å². The predicted octanol–water partition coefficient (Wildman–Crippen LogP) is 0.0887. The predicted molar refractivity (Wildman–Crippen MR) is 60.8 cm³/mol. The number of carbonyl (C=O) groups excluding carboxylic acids is 1. The van der Waals surface area contributed by atoms with E-state index < -0.39 is 12.1 Å². The summed E-state index contributed by atoms with van der Waals surface area (Å²) in [5.41, 5.74) is 1.03. The van der Waals surface area contributed by atoms with Crippen LogP contribution in [0.15, 0.2) is 24.3 Å². The minimum atomic E-state index is -1.00. The van der Waals surface area contributed by atoms with Crippen LogP contribution in [0.2, 0.25) is 0 Å². The number of amides is 1. The zero-order valence-corrected chi connectivity index (χ0v) is 9.42. The van der Waals surface area contributed by atoms with Gasteiger partial charge in [0.15, 0.2) is 0 Å². The van der Waals surface area contributed by atoms with E-state index in [9.17, 15) is 9.90 Å². The van der Waals surface area contributed by atoms with Crippen LogP contribution in [-0.4, -0.2) is 28.8 Å². The SMILES string of the molecule is CC(=O)N[C@H](CO)[C@H](O)c1ccc(C#N)cc1. The van der Waals surface area contributed by atoms with Gasteiger partial charge in [-0.25, -0.2) is 0 Å². The Morgan fingerprint density at radius 1 is 1.47 bits per heavy atom. The normalized spacial score (nSPS) is 13.5. The number of carbonyl (C=O) groups is 1. The zero-order chi connectivity index (χ0) is 12.8. The molecule has 5 heteroatoms. The van der Waals surface area contributed by atoms with Gasteiger partial charge in [-0.1, -0.05) is 12.1 Å². The molecule has 0 aliphatic carbocycles. The van der Waals surface area contributed by atoms with Crippen LogP contribution in [0.1, 0.15) is 24.2 Å². The molecule has 0 saturated carbocycles. The van der Waals surface area contributed by atoms with Crippen molar-refractivity contribution in [1.82, 2.24) is 5.32 Å². The van der Waals surface area contributed by atoms with Crippen molar-refractivity contribution in [3.8, 4) is 6.07 Å². The zero-order valence-electron chi connectivity index (χ0n) is 9.42. The van der Waals surface area contributed by atoms with E-state index in [-0.39, 0.29) is 12.5 Å². The fraction of sp³-hybridized carbons (Fsp3) is 0.333. The maximum Gasteiger partial charge on any atom is 0.217 e. The highest BCUT2D eigenvalue weighted by molar-refractivity contribution is 5.73. The van der Waals surface area contributed by atoms with Gasteiger partial charge in [-0.15, -0.1) is 0 Å². The lowest BCUT2D eigenvalue weighted by Gasteiger charge is -2.21. The summed E-state index contributed by atoms with van der Waals surface area (Å²) in [4.78, 5) is 10.9. The van der Waals surface area contributed by atoms with Crippen molar-refractivity contribution < 1.29 is 15.0 Å². The third kappa shape index (κ3) is 3.55. The summed E-state index contributed by atoms with van der Waals surface area (Å²) >= 11 is 0. The third-order valence-electron chi connectivity index (χ3n) is 2.35. The van der Waals surface area contributed by atoms with E-state index >= 15 is 0 Å². The molecule has 2 atom stereocenters. The molecule has 0 fully saturated rings. The molecule has 5 nitrogen and oxygen atoms in total. The van der Waals surface area contributed by atoms with Crippen molar-refractivity contribution >= 4 is 5.91 Å². The molecule has 0 unspecified atom stereocenters. The molecule has 90 valence electrons. The van der Waals surface area contributed by atoms with E-state index in [0.717, 1.165) is 0 Å². The van der Waals surface area contributed by atoms with Crippen LogP contribution in [0.5, 0.6) is 0 Å². The summed E-state index contributed by atoms with van der Waals surface area (Å²) in [5.74, 6) is -0.322. The second-order valence-electron chi connectivity index (χ2n) is 3.67. The minimum absolute atomic E-state index is 0.322. The number of nitriles is 1. The highest BCUT2D eigenvalue weighted by atomic mass is 16.3. The van der Waals surface area contributed by atoms with Crippen LogP contribution in [0.25, 0.3) is 0 Å². The Hall–Kier alpha value is -1.90. The summed E-state index contributed by atoms with van der Waals surface area (Å²) in [6, 6.07) is 7.54. The summed E-state index contributed by atoms with van der Waals surface area (Å²) < 4.78 is 0. The Bertz CT molecular complexity index is 422. The molecule has 0 radical (unpaired) electrons. The first-order valence-corrected chi connectivity index (χ1v) is 5.14. The van der Waals surface area contributed by atoms with Crippen molar-refractivity contribution in [2.45, 2.75) is 19.1 Å². The van der Waals surface area contributed by atoms with Gasteiger partial charge in [0.2, 0.25) is 5.91 Å². The number of aliphatic hydroxyl groups is 2. The van der Waals surface area contributed by atoms with Crippen molar-refractivity contribution in [2.24, 2.45) is 0 Å². The molecule has 1 aromatic carbocycles. The van der Waals surface area contributed by atoms with Crippen LogP contribution >= 0.6 is 0 Å². The third-order valence-corrected chi connectivity index (χ3v) is 2.35. The first-order valence-electron chi connectivity index (χ1n) is 5.14. The molecular formula is C12H14N2O3. The molecule has 0 spiro atoms. The number of rotatable bonds is 4. The number of benzene rings is 1. The maximum atomic E-state index is 10.9. The van der Waals surface area contributed by atoms with Gasteiger partial charge in [-0.3, -0.25) is 4.79 Å². The summed E-state index contributed by atoms with van der Waals surface area (Å²) in [5, 5.41) is 30.1. The van der Waals surface area contributed by atoms with Crippen LogP contribution in [0.4, 0.5) is 0 Å². The molecule has 0 bridgehead atoms. The van der Waals surface area contributed by atoms with Crippen LogP contribution < -0.4 is 5.32 Å². The van der Waals surface area contributed by atoms with Crippen molar-refractivity contribution in [3.63, 3.8) is 0 Å². The Morgan fingerprint density at radius 2 is 2.06 bits per heavy atom. The molecule has 0 saturated heterocycles. The van der Waals surface area contributed by atoms with Gasteiger partial charge in [-0.05, 0) is 17.7 Å². The summed E-state index contributed by atoms with van der Waals surface area (Å²) in [7, 11) is 0. The highest BCUT2D eigenvalue weighted by Gasteiger charge is 2.20. The fourth-order valence-corrected chi connectivity index (χ4v) is 1.47. The Balaban J connectivity index is 2.82. The first-order chi connectivity index (χ1) is 8.08. The van der Waals surface area contributed by atoms with Gasteiger partial charge in [0.25, 0.3) is 0 Å². The molecule has 0 aliphatic heterocycles. The lowest BCUT2D eigenvalue weighted by molar-refractivity contribution is -0.121. The van der Waals surface area contributed by atoms with Gasteiger partial charge in [0, 0.05) is 6.92 Å². The number of hydrogen-bond acceptors (Lipinski definition) is 4. The van der Waals surface area contributed by atoms with E-state index in [1.807, 2.05) is 6.07 Å². The second kappa shape index (κ2) is 5.99. The molecule has 17 heavy (non-hydrogen) atoms. The largest absolute Gasteiger partial charge is 0.394 e. The van der Waals surface area contributed by atoms with E-state index in [1.165, 1.54) is 6.92 Å². The monoisotopic (exact) mass is 234 g/mol. The van der Waals surface area contributed by atoms with Gasteiger partial charge in [0.05, 0.1) is 24.3 Å². The number of hydrogen-bond donors (Lipinski definition) is 3. The van der Waals surface area contributed by atoms with E-state index in [4.69, 9.17) is 10.4 Å². The standard InChI is InChI=1S/C12H14N2O3/c1-8(16)14-11(7-15)12(17)10-4-2-9(6-13)3-5-10/h2-5,11-12,15,17H,7H2,1H3,(H,14,16)/t11-,12-/m1/s1. The van der Waals surface area contributed by atoms with E-state index in [0.29, 0.717) is 11.1 Å². The molecule has 1 amide bonds. The lowest BCUT2D eigenvalue weighted by Crippen LogP contribution is -2.40. The molecule has 1 rings (SSSR count). The van der Waals surface area contributed by atoms with Gasteiger partial charge < -0.3 is 15.5 Å². The fourth-order valence-electron chi connectivity index (χ4n) is 1.47. The highest BCUT2D eigenvalue weighted by Crippen LogP contribution is 2.17. The first kappa shape index (κ1) is 13.2. The summed E-state index contributed by atoms with van der Waals surface area (Å²) in [6.45, 7) is 0.953. The average molecular weight is 234 g/mol. The van der Waals surface area contributed by atoms with Crippen LogP contribution in [-0.2, 0) is 4.79 Å². The molecule has 3 N–H and O–H groups in total. The molecule has 0 heterocycles. The molecule has 0 aliphatic rings. The van der Waals surface area contributed by atoms with Crippen molar-refractivity contribution in [2.75, 3.05) is 6.61 Å². The van der Waals surface area contributed by atoms with Gasteiger partial charge in [0.1, 0.15) is 6.10 Å². The smallest absolute Gasteiger partial charge is 0.217 e. The van der Waals surface area contributed by atoms with Crippen LogP contribution in [0, 0.1) is 11.3 Å². The van der Waals surface area contributed by atoms with Crippen molar-refractivity contribution in [1.29, 1.82) is 5.26 Å². The Labute approximate surface area is 99.3 Å². The van der Waals surface area contributed by atoms with E-state index in [2.05, 4.69) is 5.32 Å². The number of nitrogens with zero attached hydrogens (tertiary/aromatic N) is 1. The summed E-state index contributed by atoms with van der Waals surface area (Å²) in [6.07, 6.45) is -1.00. The topological polar surface area (TPSA) is 93.3 Å². The van der Waals surface area contributed by atoms with Gasteiger partial charge >= 0.3 is 0 Å². The number of nitrogens with one attached hydrogen (secondary N) is 1. The lowest BCUT2D eigenvalue weighted by atomic mass is 10.0. The quantitative estimate of drug-likeness (QED) is 0.688. The molecule has 0 aromatic heterocycles. The Kier molecular flexibility index (Phi) is 4.64. The van der Waals surface area contributed by atoms with E-state index in [1.54, 1.807) is 24.3 Å². The number of aliphatic hydroxyl groups excluding tert-OH is 2. The maximum absolute atomic E-state index is 10.9. The van der Waals surface area contributed by atoms with Crippen molar-refractivity contribution in [3.05, 3.63) is 35.4 Å². The molecule has 1 aromatic rings.